The van der Waals surface area contributed by atoms with Crippen LogP contribution < -0.4 is 4.74 Å². The normalized spacial score (nSPS) is 13.8. The molecular formula is C24H26F8I2O5S. The van der Waals surface area contributed by atoms with Crippen LogP contribution in [0.25, 0.3) is 0 Å². The summed E-state index contributed by atoms with van der Waals surface area (Å²) < 4.78 is 142. The summed E-state index contributed by atoms with van der Waals surface area (Å²) in [7, 11) is -6.72. The van der Waals surface area contributed by atoms with Crippen LogP contribution in [0.15, 0.2) is 54.6 Å². The second-order valence-electron chi connectivity index (χ2n) is 8.28. The molecule has 0 heterocycles. The minimum absolute atomic E-state index is 0.0510. The third-order valence-electron chi connectivity index (χ3n) is 5.09. The summed E-state index contributed by atoms with van der Waals surface area (Å²) in [6, 6.07) is 12.4. The van der Waals surface area contributed by atoms with Crippen LogP contribution in [-0.2, 0) is 17.4 Å². The fourth-order valence-corrected chi connectivity index (χ4v) is 9.97. The van der Waals surface area contributed by atoms with Gasteiger partial charge in [-0.1, -0.05) is 6.92 Å². The average molecular weight is 832 g/mol. The molecule has 2 aromatic rings. The first-order valence-corrected chi connectivity index (χ1v) is 17.3. The Bertz CT molecular complexity index is 1160. The molecule has 0 N–H and O–H groups in total. The molecule has 0 saturated heterocycles. The summed E-state index contributed by atoms with van der Waals surface area (Å²) in [5, 5.41) is -6.46. The number of hydrogen-bond acceptors (Lipinski definition) is 5. The van der Waals surface area contributed by atoms with Gasteiger partial charge >= 0.3 is 242 Å². The maximum absolute atomic E-state index is 14.5. The second kappa shape index (κ2) is 14.5. The van der Waals surface area contributed by atoms with Crippen molar-refractivity contribution >= 4 is 52.9 Å². The molecule has 0 spiro atoms. The number of alkyl halides is 9. The first-order chi connectivity index (χ1) is 18.5. The predicted molar refractivity (Wildman–Crippen MR) is 148 cm³/mol. The van der Waals surface area contributed by atoms with E-state index in [0.717, 1.165) is 38.5 Å². The molecular weight excluding hydrogens is 806 g/mol. The van der Waals surface area contributed by atoms with Gasteiger partial charge in [-0.15, -0.1) is 0 Å². The van der Waals surface area contributed by atoms with E-state index in [9.17, 15) is 43.5 Å². The van der Waals surface area contributed by atoms with Gasteiger partial charge in [-0.05, 0) is 0 Å². The molecule has 2 rings (SSSR count). The molecule has 40 heavy (non-hydrogen) atoms. The second-order valence-corrected chi connectivity index (χ2v) is 16.2. The van der Waals surface area contributed by atoms with Gasteiger partial charge in [-0.25, -0.2) is 0 Å². The third-order valence-corrected chi connectivity index (χ3v) is 13.1. The van der Waals surface area contributed by atoms with E-state index in [1.54, 1.807) is 0 Å². The molecule has 0 bridgehead atoms. The van der Waals surface area contributed by atoms with E-state index in [2.05, 4.69) is 14.2 Å². The Morgan fingerprint density at radius 3 is 1.82 bits per heavy atom. The number of ether oxygens (including phenoxy) is 2. The fourth-order valence-electron chi connectivity index (χ4n) is 2.99. The molecule has 228 valence electrons. The van der Waals surface area contributed by atoms with Crippen molar-refractivity contribution in [3.05, 3.63) is 61.7 Å². The van der Waals surface area contributed by atoms with E-state index in [1.165, 1.54) is 54.6 Å². The maximum atomic E-state index is 14.5. The van der Waals surface area contributed by atoms with Crippen molar-refractivity contribution in [2.45, 2.75) is 66.8 Å². The minimum atomic E-state index is -6.72. The van der Waals surface area contributed by atoms with Crippen LogP contribution in [0.5, 0.6) is 5.75 Å². The zero-order chi connectivity index (χ0) is 30.2. The zero-order valence-electron chi connectivity index (χ0n) is 20.9. The van der Waals surface area contributed by atoms with Gasteiger partial charge in [0.15, 0.2) is 0 Å². The summed E-state index contributed by atoms with van der Waals surface area (Å²) in [5.74, 6) is 0.372. The molecule has 0 radical (unpaired) electrons. The van der Waals surface area contributed by atoms with Crippen molar-refractivity contribution in [1.82, 2.24) is 0 Å². The van der Waals surface area contributed by atoms with Crippen molar-refractivity contribution < 1.29 is 55.5 Å². The van der Waals surface area contributed by atoms with E-state index in [4.69, 9.17) is 4.74 Å². The molecule has 0 atom stereocenters. The van der Waals surface area contributed by atoms with Crippen LogP contribution >= 0.6 is 42.8 Å². The van der Waals surface area contributed by atoms with E-state index < -0.39 is 51.8 Å². The summed E-state index contributed by atoms with van der Waals surface area (Å²) in [4.78, 5) is 0. The van der Waals surface area contributed by atoms with Gasteiger partial charge in [0, 0.05) is 0 Å². The Hall–Kier alpha value is -0.990. The molecule has 2 aromatic carbocycles. The van der Waals surface area contributed by atoms with Gasteiger partial charge in [0.1, 0.15) is 0 Å². The monoisotopic (exact) mass is 832 g/mol. The van der Waals surface area contributed by atoms with Gasteiger partial charge in [0.2, 0.25) is 0 Å². The fraction of sp³-hybridized carbons (Fsp3) is 0.500. The number of rotatable bonds is 17. The third kappa shape index (κ3) is 9.26. The average Bonchev–Trinajstić information content (AvgIpc) is 2.86. The summed E-state index contributed by atoms with van der Waals surface area (Å²) in [6.07, 6.45) is -6.56. The van der Waals surface area contributed by atoms with E-state index in [1.807, 2.05) is 0 Å². The Morgan fingerprint density at radius 1 is 0.750 bits per heavy atom. The van der Waals surface area contributed by atoms with Gasteiger partial charge in [-0.3, -0.25) is 0 Å². The Labute approximate surface area is 248 Å². The summed E-state index contributed by atoms with van der Waals surface area (Å²) in [6.45, 7) is 2.49. The van der Waals surface area contributed by atoms with Crippen LogP contribution in [0.3, 0.4) is 0 Å². The first kappa shape index (κ1) is 35.2. The van der Waals surface area contributed by atoms with Crippen molar-refractivity contribution in [3.63, 3.8) is 0 Å². The summed E-state index contributed by atoms with van der Waals surface area (Å²) in [5.41, 5.74) is 0. The molecule has 0 aliphatic rings. The van der Waals surface area contributed by atoms with Crippen molar-refractivity contribution in [3.8, 4) is 5.75 Å². The molecule has 0 aromatic heterocycles. The topological polar surface area (TPSA) is 61.8 Å². The molecule has 0 saturated carbocycles. The molecule has 5 nitrogen and oxygen atoms in total. The predicted octanol–water partition coefficient (Wildman–Crippen LogP) is 9.06. The van der Waals surface area contributed by atoms with Crippen LogP contribution in [0.2, 0.25) is 0 Å². The van der Waals surface area contributed by atoms with E-state index >= 15 is 0 Å². The van der Waals surface area contributed by atoms with Crippen molar-refractivity contribution in [2.75, 3.05) is 6.61 Å². The first-order valence-electron chi connectivity index (χ1n) is 11.8. The molecule has 0 aliphatic carbocycles. The molecule has 0 unspecified atom stereocenters. The van der Waals surface area contributed by atoms with Gasteiger partial charge < -0.3 is 0 Å². The standard InChI is InChI=1S/C24H26F8I2O5S/c1-2-3-4-5-6-10-17-37-20-15-13-19(14-16-20)34(18-11-8-7-9-12-18)39-40(35,36)24(31,32)23(29,30)38-22(27,28)21(25,26)33/h7-9,11-16H,2-6,10,17H2,1H3. The van der Waals surface area contributed by atoms with Gasteiger partial charge in [-0.2, -0.15) is 0 Å². The quantitative estimate of drug-likeness (QED) is 0.0690. The summed E-state index contributed by atoms with van der Waals surface area (Å²) >= 11 is -4.29. The molecule has 16 heteroatoms. The number of benzene rings is 2. The van der Waals surface area contributed by atoms with Crippen LogP contribution in [0.1, 0.15) is 45.4 Å². The van der Waals surface area contributed by atoms with Crippen LogP contribution in [0.4, 0.5) is 35.1 Å². The molecule has 0 fully saturated rings. The number of unbranched alkanes of at least 4 members (excludes halogenated alkanes) is 5. The van der Waals surface area contributed by atoms with Gasteiger partial charge in [0.05, 0.1) is 0 Å². The van der Waals surface area contributed by atoms with Crippen LogP contribution in [-0.4, -0.2) is 36.4 Å². The van der Waals surface area contributed by atoms with Crippen LogP contribution in [0, 0.1) is 7.14 Å². The van der Waals surface area contributed by atoms with E-state index in [-0.39, 0.29) is 29.7 Å². The Kier molecular flexibility index (Phi) is 12.7. The van der Waals surface area contributed by atoms with Crippen molar-refractivity contribution in [2.24, 2.45) is 0 Å². The number of halogens is 10. The number of hydrogen-bond donors (Lipinski definition) is 0. The Morgan fingerprint density at radius 2 is 1.27 bits per heavy atom. The Balaban J connectivity index is 2.26. The van der Waals surface area contributed by atoms with E-state index in [0.29, 0.717) is 12.4 Å². The molecule has 0 aliphatic heterocycles. The van der Waals surface area contributed by atoms with Gasteiger partial charge in [0.25, 0.3) is 0 Å². The zero-order valence-corrected chi connectivity index (χ0v) is 26.0. The SMILES string of the molecule is CCCCCCCCOc1ccc(I(OS(=O)(=O)C(F)(F)C(F)(F)OC(F)(F)C(F)(F)I)c2ccccc2)cc1. The van der Waals surface area contributed by atoms with Crippen molar-refractivity contribution in [1.29, 1.82) is 0 Å². The molecule has 0 amide bonds.